The Bertz CT molecular complexity index is 412. The minimum absolute atomic E-state index is 0. The van der Waals surface area contributed by atoms with Crippen molar-refractivity contribution in [3.05, 3.63) is 17.5 Å². The Kier molecular flexibility index (Phi) is 4.22. The van der Waals surface area contributed by atoms with E-state index in [1.165, 1.54) is 0 Å². The summed E-state index contributed by atoms with van der Waals surface area (Å²) in [6.07, 6.45) is -2.83. The molecule has 1 fully saturated rings. The first kappa shape index (κ1) is 14.2. The van der Waals surface area contributed by atoms with Crippen LogP contribution in [0.5, 0.6) is 0 Å². The molecule has 1 aromatic heterocycles. The third-order valence-corrected chi connectivity index (χ3v) is 2.18. The van der Waals surface area contributed by atoms with Gasteiger partial charge >= 0.3 is 57.6 Å². The smallest absolute Gasteiger partial charge is 0.545 e. The van der Waals surface area contributed by atoms with Crippen molar-refractivity contribution in [3.8, 4) is 0 Å². The number of alkyl halides is 3. The van der Waals surface area contributed by atoms with Crippen molar-refractivity contribution in [2.75, 3.05) is 0 Å². The zero-order chi connectivity index (χ0) is 11.2. The fraction of sp³-hybridized carbons (Fsp3) is 0.500. The van der Waals surface area contributed by atoms with Crippen LogP contribution in [0.3, 0.4) is 0 Å². The molecule has 0 aliphatic heterocycles. The molecule has 1 heterocycles. The third kappa shape index (κ3) is 2.67. The van der Waals surface area contributed by atoms with E-state index in [4.69, 9.17) is 0 Å². The Hall–Kier alpha value is 0.106. The molecule has 8 heteroatoms. The fourth-order valence-electron chi connectivity index (χ4n) is 1.39. The van der Waals surface area contributed by atoms with Gasteiger partial charge in [0.15, 0.2) is 5.69 Å². The van der Waals surface area contributed by atoms with Gasteiger partial charge in [0.2, 0.25) is 0 Å². The summed E-state index contributed by atoms with van der Waals surface area (Å²) in [5.74, 6) is -1.85. The van der Waals surface area contributed by atoms with Gasteiger partial charge in [0.25, 0.3) is 0 Å². The van der Waals surface area contributed by atoms with E-state index in [2.05, 4.69) is 5.10 Å². The van der Waals surface area contributed by atoms with E-state index in [9.17, 15) is 23.1 Å². The summed E-state index contributed by atoms with van der Waals surface area (Å²) >= 11 is 0. The maximum Gasteiger partial charge on any atom is 1.00 e. The van der Waals surface area contributed by atoms with Crippen LogP contribution in [0.25, 0.3) is 0 Å². The molecule has 4 nitrogen and oxygen atoms in total. The van der Waals surface area contributed by atoms with Crippen LogP contribution in [0.1, 0.15) is 34.9 Å². The number of carbonyl (C=O) groups is 1. The first-order chi connectivity index (χ1) is 6.91. The summed E-state index contributed by atoms with van der Waals surface area (Å²) in [5.41, 5.74) is -2.11. The van der Waals surface area contributed by atoms with Gasteiger partial charge in [-0.05, 0) is 12.8 Å². The van der Waals surface area contributed by atoms with Crippen molar-refractivity contribution in [2.45, 2.75) is 25.1 Å². The zero-order valence-corrected chi connectivity index (χ0v) is 11.5. The summed E-state index contributed by atoms with van der Waals surface area (Å²) in [5, 5.41) is 13.9. The Morgan fingerprint density at radius 2 is 2.06 bits per heavy atom. The number of hydrogen-bond donors (Lipinski definition) is 0. The number of aromatic carboxylic acids is 1. The van der Waals surface area contributed by atoms with Crippen LogP contribution < -0.4 is 56.5 Å². The van der Waals surface area contributed by atoms with E-state index in [0.29, 0.717) is 19.0 Å². The van der Waals surface area contributed by atoms with Crippen molar-refractivity contribution < 1.29 is 74.5 Å². The van der Waals surface area contributed by atoms with Crippen LogP contribution >= 0.6 is 0 Å². The summed E-state index contributed by atoms with van der Waals surface area (Å²) in [6, 6.07) is -0.324. The number of carbonyl (C=O) groups excluding carboxylic acids is 1. The monoisotopic (exact) mass is 258 g/mol. The van der Waals surface area contributed by atoms with Crippen LogP contribution in [0.2, 0.25) is 0 Å². The molecule has 0 bridgehead atoms. The van der Waals surface area contributed by atoms with Crippen molar-refractivity contribution >= 4 is 5.97 Å². The van der Waals surface area contributed by atoms with Gasteiger partial charge in [0.1, 0.15) is 0 Å². The largest absolute Gasteiger partial charge is 1.00 e. The van der Waals surface area contributed by atoms with Crippen LogP contribution in [-0.4, -0.2) is 15.7 Å². The molecule has 0 saturated heterocycles. The second-order valence-corrected chi connectivity index (χ2v) is 3.37. The number of carboxylic acid groups (broad SMARTS) is 1. The van der Waals surface area contributed by atoms with Crippen LogP contribution in [0.15, 0.2) is 6.20 Å². The second-order valence-electron chi connectivity index (χ2n) is 3.37. The SMILES string of the molecule is O=C([O-])c1cnn(C2CC2)c1C(F)(F)F.[K+]. The number of aromatic nitrogens is 2. The van der Waals surface area contributed by atoms with Gasteiger partial charge in [-0.1, -0.05) is 0 Å². The first-order valence-electron chi connectivity index (χ1n) is 4.27. The maximum atomic E-state index is 12.5. The first-order valence-corrected chi connectivity index (χ1v) is 4.27. The van der Waals surface area contributed by atoms with E-state index in [-0.39, 0.29) is 57.4 Å². The molecular formula is C8H6F3KN2O2. The number of halogens is 3. The summed E-state index contributed by atoms with van der Waals surface area (Å²) < 4.78 is 38.3. The number of carboxylic acids is 1. The third-order valence-electron chi connectivity index (χ3n) is 2.18. The van der Waals surface area contributed by atoms with Gasteiger partial charge in [-0.25, -0.2) is 0 Å². The molecular weight excluding hydrogens is 252 g/mol. The molecule has 1 saturated carbocycles. The summed E-state index contributed by atoms with van der Waals surface area (Å²) in [4.78, 5) is 10.5. The van der Waals surface area contributed by atoms with Crippen molar-refractivity contribution in [1.29, 1.82) is 0 Å². The van der Waals surface area contributed by atoms with Gasteiger partial charge in [0.05, 0.1) is 18.2 Å². The summed E-state index contributed by atoms with van der Waals surface area (Å²) in [6.45, 7) is 0. The molecule has 0 aromatic carbocycles. The Labute approximate surface area is 131 Å². The van der Waals surface area contributed by atoms with Crippen LogP contribution in [0.4, 0.5) is 13.2 Å². The normalized spacial score (nSPS) is 15.7. The average Bonchev–Trinajstić information content (AvgIpc) is 2.81. The standard InChI is InChI=1S/C8H7F3N2O2.K/c9-8(10,11)6-5(7(14)15)3-12-13(6)4-1-2-4;/h3-4H,1-2H2,(H,14,15);/q;+1/p-1. The minimum Gasteiger partial charge on any atom is -0.545 e. The summed E-state index contributed by atoms with van der Waals surface area (Å²) in [7, 11) is 0. The van der Waals surface area contributed by atoms with Gasteiger partial charge in [-0.3, -0.25) is 4.68 Å². The number of hydrogen-bond acceptors (Lipinski definition) is 3. The molecule has 1 aliphatic rings. The van der Waals surface area contributed by atoms with E-state index < -0.39 is 23.4 Å². The van der Waals surface area contributed by atoms with E-state index >= 15 is 0 Å². The van der Waals surface area contributed by atoms with Crippen molar-refractivity contribution in [1.82, 2.24) is 9.78 Å². The number of rotatable bonds is 2. The molecule has 0 spiro atoms. The molecule has 1 aliphatic carbocycles. The maximum absolute atomic E-state index is 12.5. The molecule has 0 amide bonds. The number of nitrogens with zero attached hydrogens (tertiary/aromatic N) is 2. The topological polar surface area (TPSA) is 57.9 Å². The van der Waals surface area contributed by atoms with E-state index in [1.54, 1.807) is 0 Å². The van der Waals surface area contributed by atoms with Crippen molar-refractivity contribution in [3.63, 3.8) is 0 Å². The molecule has 16 heavy (non-hydrogen) atoms. The predicted molar refractivity (Wildman–Crippen MR) is 39.8 cm³/mol. The van der Waals surface area contributed by atoms with Gasteiger partial charge in [-0.2, -0.15) is 18.3 Å². The Morgan fingerprint density at radius 1 is 1.50 bits per heavy atom. The molecule has 82 valence electrons. The van der Waals surface area contributed by atoms with Gasteiger partial charge < -0.3 is 9.90 Å². The predicted octanol–water partition coefficient (Wildman–Crippen LogP) is -2.40. The Morgan fingerprint density at radius 3 is 2.44 bits per heavy atom. The quantitative estimate of drug-likeness (QED) is 0.556. The fourth-order valence-corrected chi connectivity index (χ4v) is 1.39. The minimum atomic E-state index is -4.71. The van der Waals surface area contributed by atoms with Crippen molar-refractivity contribution in [2.24, 2.45) is 0 Å². The van der Waals surface area contributed by atoms with Gasteiger partial charge in [-0.15, -0.1) is 0 Å². The van der Waals surface area contributed by atoms with Crippen LogP contribution in [-0.2, 0) is 6.18 Å². The van der Waals surface area contributed by atoms with Gasteiger partial charge in [0, 0.05) is 5.56 Å². The molecule has 0 N–H and O–H groups in total. The Balaban J connectivity index is 0.00000128. The zero-order valence-electron chi connectivity index (χ0n) is 8.41. The molecule has 0 radical (unpaired) electrons. The second kappa shape index (κ2) is 4.77. The van der Waals surface area contributed by atoms with E-state index in [1.807, 2.05) is 0 Å². The molecule has 0 atom stereocenters. The molecule has 2 rings (SSSR count). The van der Waals surface area contributed by atoms with Crippen LogP contribution in [0, 0.1) is 0 Å². The average molecular weight is 258 g/mol. The molecule has 0 unspecified atom stereocenters. The molecule has 1 aromatic rings. The van der Waals surface area contributed by atoms with E-state index in [0.717, 1.165) is 4.68 Å².